The average Bonchev–Trinajstić information content (AvgIpc) is 3.01. The smallest absolute Gasteiger partial charge is 0.266 e. The van der Waals surface area contributed by atoms with Crippen LogP contribution in [0, 0.1) is 0 Å². The molecule has 2 unspecified atom stereocenters. The van der Waals surface area contributed by atoms with Gasteiger partial charge in [0, 0.05) is 6.54 Å². The Morgan fingerprint density at radius 1 is 0.775 bits per heavy atom. The number of rotatable bonds is 10. The lowest BCUT2D eigenvalue weighted by atomic mass is 9.93. The third-order valence-electron chi connectivity index (χ3n) is 7.55. The third-order valence-corrected chi connectivity index (χ3v) is 7.55. The van der Waals surface area contributed by atoms with Gasteiger partial charge in [0.15, 0.2) is 0 Å². The molecule has 5 heteroatoms. The van der Waals surface area contributed by atoms with Crippen molar-refractivity contribution in [2.24, 2.45) is 0 Å². The molecule has 1 heterocycles. The van der Waals surface area contributed by atoms with Crippen LogP contribution < -0.4 is 5.56 Å². The van der Waals surface area contributed by atoms with Crippen molar-refractivity contribution in [1.82, 2.24) is 14.5 Å². The lowest BCUT2D eigenvalue weighted by Crippen LogP contribution is -2.42. The van der Waals surface area contributed by atoms with Gasteiger partial charge in [-0.15, -0.1) is 0 Å². The first kappa shape index (κ1) is 27.1. The molecule has 0 spiro atoms. The Bertz CT molecular complexity index is 1620. The molecule has 5 nitrogen and oxygen atoms in total. The lowest BCUT2D eigenvalue weighted by Gasteiger charge is -2.35. The molecule has 0 aliphatic rings. The van der Waals surface area contributed by atoms with Crippen LogP contribution in [0.25, 0.3) is 16.6 Å². The molecule has 0 radical (unpaired) electrons. The van der Waals surface area contributed by atoms with Gasteiger partial charge in [-0.3, -0.25) is 14.2 Å². The van der Waals surface area contributed by atoms with Crippen molar-refractivity contribution in [3.05, 3.63) is 143 Å². The van der Waals surface area contributed by atoms with E-state index in [1.807, 2.05) is 108 Å². The zero-order valence-corrected chi connectivity index (χ0v) is 23.1. The molecular weight excluding hydrogens is 494 g/mol. The average molecular weight is 530 g/mol. The summed E-state index contributed by atoms with van der Waals surface area (Å²) in [6.45, 7) is 4.63. The number of aromatic nitrogens is 2. The number of carbonyl (C=O) groups excluding carboxylic acids is 1. The first-order valence-corrected chi connectivity index (χ1v) is 14.1. The second-order valence-electron chi connectivity index (χ2n) is 10.0. The van der Waals surface area contributed by atoms with Gasteiger partial charge in [-0.05, 0) is 54.7 Å². The van der Waals surface area contributed by atoms with Crippen molar-refractivity contribution < 1.29 is 4.79 Å². The third kappa shape index (κ3) is 5.59. The van der Waals surface area contributed by atoms with E-state index in [4.69, 9.17) is 4.98 Å². The molecular formula is C35H35N3O2. The first-order chi connectivity index (χ1) is 19.6. The van der Waals surface area contributed by atoms with Gasteiger partial charge in [-0.1, -0.05) is 105 Å². The van der Waals surface area contributed by atoms with Crippen molar-refractivity contribution in [3.63, 3.8) is 0 Å². The fourth-order valence-electron chi connectivity index (χ4n) is 5.49. The zero-order chi connectivity index (χ0) is 27.9. The summed E-state index contributed by atoms with van der Waals surface area (Å²) < 4.78 is 1.70. The van der Waals surface area contributed by atoms with E-state index in [2.05, 4.69) is 26.0 Å². The van der Waals surface area contributed by atoms with Gasteiger partial charge >= 0.3 is 0 Å². The molecule has 2 atom stereocenters. The Morgan fingerprint density at radius 3 is 2.02 bits per heavy atom. The second kappa shape index (κ2) is 12.6. The van der Waals surface area contributed by atoms with Gasteiger partial charge in [0.1, 0.15) is 5.82 Å². The van der Waals surface area contributed by atoms with E-state index in [0.29, 0.717) is 42.5 Å². The van der Waals surface area contributed by atoms with E-state index in [1.54, 1.807) is 4.57 Å². The minimum atomic E-state index is -0.397. The van der Waals surface area contributed by atoms with E-state index in [1.165, 1.54) is 0 Å². The molecule has 0 aliphatic heterocycles. The van der Waals surface area contributed by atoms with E-state index in [-0.39, 0.29) is 17.4 Å². The van der Waals surface area contributed by atoms with E-state index < -0.39 is 6.04 Å². The molecule has 0 fully saturated rings. The molecule has 1 amide bonds. The molecule has 5 aromatic rings. The molecule has 202 valence electrons. The van der Waals surface area contributed by atoms with Crippen LogP contribution in [-0.4, -0.2) is 26.9 Å². The number of hydrogen-bond donors (Lipinski definition) is 0. The predicted molar refractivity (Wildman–Crippen MR) is 162 cm³/mol. The topological polar surface area (TPSA) is 55.2 Å². The second-order valence-corrected chi connectivity index (χ2v) is 10.0. The van der Waals surface area contributed by atoms with Gasteiger partial charge in [0.05, 0.1) is 28.6 Å². The summed E-state index contributed by atoms with van der Waals surface area (Å²) in [7, 11) is 0. The van der Waals surface area contributed by atoms with Gasteiger partial charge in [0.2, 0.25) is 5.91 Å². The summed E-state index contributed by atoms with van der Waals surface area (Å²) >= 11 is 0. The quantitative estimate of drug-likeness (QED) is 0.194. The van der Waals surface area contributed by atoms with Crippen LogP contribution in [0.5, 0.6) is 0 Å². The Labute approximate surface area is 235 Å². The normalized spacial score (nSPS) is 12.7. The highest BCUT2D eigenvalue weighted by molar-refractivity contribution is 5.84. The van der Waals surface area contributed by atoms with Crippen LogP contribution in [0.3, 0.4) is 0 Å². The van der Waals surface area contributed by atoms with E-state index in [0.717, 1.165) is 16.8 Å². The van der Waals surface area contributed by atoms with Crippen LogP contribution in [-0.2, 0) is 11.2 Å². The number of fused-ring (bicyclic) bond motifs is 1. The van der Waals surface area contributed by atoms with Crippen LogP contribution >= 0.6 is 0 Å². The minimum absolute atomic E-state index is 0.0542. The molecule has 0 N–H and O–H groups in total. The number of nitrogens with zero attached hydrogens (tertiary/aromatic N) is 3. The van der Waals surface area contributed by atoms with Crippen LogP contribution in [0.1, 0.15) is 55.6 Å². The summed E-state index contributed by atoms with van der Waals surface area (Å²) in [6.07, 6.45) is 2.00. The zero-order valence-electron chi connectivity index (χ0n) is 23.1. The Kier molecular flexibility index (Phi) is 8.50. The Morgan fingerprint density at radius 2 is 1.38 bits per heavy atom. The fourth-order valence-corrected chi connectivity index (χ4v) is 5.49. The SMILES string of the molecule is CCC(C(=O)N(CCc1ccccc1)C(CC)c1nc2ccccc2c(=O)n1-c1ccccc1)c1ccccc1. The van der Waals surface area contributed by atoms with Crippen LogP contribution in [0.4, 0.5) is 0 Å². The standard InChI is InChI=1S/C35H35N3O2/c1-3-29(27-18-10-6-11-19-27)34(39)37(25-24-26-16-8-5-9-17-26)32(4-2)33-36-31-23-15-14-22-30(31)35(40)38(33)28-20-12-7-13-21-28/h5-23,29,32H,3-4,24-25H2,1-2H3. The minimum Gasteiger partial charge on any atom is -0.332 e. The Hall–Kier alpha value is -4.51. The number of carbonyl (C=O) groups is 1. The first-order valence-electron chi connectivity index (χ1n) is 14.1. The number of benzene rings is 4. The van der Waals surface area contributed by atoms with Crippen molar-refractivity contribution in [1.29, 1.82) is 0 Å². The van der Waals surface area contributed by atoms with Crippen LogP contribution in [0.15, 0.2) is 120 Å². The molecule has 0 saturated heterocycles. The highest BCUT2D eigenvalue weighted by Crippen LogP contribution is 2.31. The fraction of sp³-hybridized carbons (Fsp3) is 0.229. The largest absolute Gasteiger partial charge is 0.332 e. The molecule has 0 saturated carbocycles. The number of para-hydroxylation sites is 2. The number of amides is 1. The summed E-state index contributed by atoms with van der Waals surface area (Å²) in [5, 5.41) is 0.558. The van der Waals surface area contributed by atoms with Gasteiger partial charge < -0.3 is 4.90 Å². The predicted octanol–water partition coefficient (Wildman–Crippen LogP) is 7.10. The maximum atomic E-state index is 14.5. The summed E-state index contributed by atoms with van der Waals surface area (Å²) in [5.74, 6) is 0.351. The summed E-state index contributed by atoms with van der Waals surface area (Å²) in [5.41, 5.74) is 3.41. The highest BCUT2D eigenvalue weighted by Gasteiger charge is 2.33. The maximum absolute atomic E-state index is 14.5. The Balaban J connectivity index is 1.67. The number of hydrogen-bond acceptors (Lipinski definition) is 3. The molecule has 0 aliphatic carbocycles. The molecule has 1 aromatic heterocycles. The van der Waals surface area contributed by atoms with E-state index >= 15 is 0 Å². The van der Waals surface area contributed by atoms with Crippen molar-refractivity contribution in [3.8, 4) is 5.69 Å². The van der Waals surface area contributed by atoms with Gasteiger partial charge in [-0.25, -0.2) is 4.98 Å². The van der Waals surface area contributed by atoms with Crippen molar-refractivity contribution in [2.75, 3.05) is 6.54 Å². The monoisotopic (exact) mass is 529 g/mol. The summed E-state index contributed by atoms with van der Waals surface area (Å²) in [4.78, 5) is 35.5. The van der Waals surface area contributed by atoms with E-state index in [9.17, 15) is 9.59 Å². The van der Waals surface area contributed by atoms with Crippen LogP contribution in [0.2, 0.25) is 0 Å². The van der Waals surface area contributed by atoms with Crippen molar-refractivity contribution >= 4 is 16.8 Å². The van der Waals surface area contributed by atoms with Crippen molar-refractivity contribution in [2.45, 2.75) is 45.1 Å². The van der Waals surface area contributed by atoms with Gasteiger partial charge in [-0.2, -0.15) is 0 Å². The molecule has 40 heavy (non-hydrogen) atoms. The molecule has 0 bridgehead atoms. The highest BCUT2D eigenvalue weighted by atomic mass is 16.2. The lowest BCUT2D eigenvalue weighted by molar-refractivity contribution is -0.135. The van der Waals surface area contributed by atoms with Gasteiger partial charge in [0.25, 0.3) is 5.56 Å². The maximum Gasteiger partial charge on any atom is 0.266 e. The molecule has 5 rings (SSSR count). The summed E-state index contributed by atoms with van der Waals surface area (Å²) in [6, 6.07) is 36.9. The molecule has 4 aromatic carbocycles.